The minimum Gasteiger partial charge on any atom is -0.377 e. The number of rotatable bonds is 3. The van der Waals surface area contributed by atoms with Crippen LogP contribution >= 0.6 is 0 Å². The average molecular weight is 406 g/mol. The van der Waals surface area contributed by atoms with Gasteiger partial charge in [-0.3, -0.25) is 0 Å². The second kappa shape index (κ2) is 8.12. The molecule has 0 aliphatic carbocycles. The Bertz CT molecular complexity index is 1030. The van der Waals surface area contributed by atoms with Crippen LogP contribution in [0.1, 0.15) is 13.8 Å². The third kappa shape index (κ3) is 3.57. The van der Waals surface area contributed by atoms with E-state index in [4.69, 9.17) is 24.4 Å². The van der Waals surface area contributed by atoms with Crippen LogP contribution in [0.4, 0.5) is 11.8 Å². The van der Waals surface area contributed by atoms with E-state index < -0.39 is 0 Å². The van der Waals surface area contributed by atoms with E-state index in [1.807, 2.05) is 36.5 Å². The largest absolute Gasteiger partial charge is 0.377 e. The van der Waals surface area contributed by atoms with E-state index in [2.05, 4.69) is 28.6 Å². The first-order chi connectivity index (χ1) is 14.7. The fraction of sp³-hybridized carbons (Fsp3) is 0.455. The van der Waals surface area contributed by atoms with E-state index >= 15 is 0 Å². The van der Waals surface area contributed by atoms with Crippen molar-refractivity contribution in [2.45, 2.75) is 25.9 Å². The summed E-state index contributed by atoms with van der Waals surface area (Å²) in [6.45, 7) is 8.55. The minimum atomic E-state index is 0.210. The lowest BCUT2D eigenvalue weighted by Crippen LogP contribution is -2.46. The van der Waals surface area contributed by atoms with Gasteiger partial charge in [0.15, 0.2) is 11.5 Å². The highest BCUT2D eigenvalue weighted by atomic mass is 16.5. The van der Waals surface area contributed by atoms with Crippen molar-refractivity contribution in [2.24, 2.45) is 0 Å². The van der Waals surface area contributed by atoms with Gasteiger partial charge >= 0.3 is 0 Å². The van der Waals surface area contributed by atoms with Crippen LogP contribution in [0.25, 0.3) is 22.4 Å². The van der Waals surface area contributed by atoms with Gasteiger partial charge in [0.05, 0.1) is 43.9 Å². The first kappa shape index (κ1) is 19.1. The van der Waals surface area contributed by atoms with E-state index in [-0.39, 0.29) is 12.1 Å². The molecule has 8 nitrogen and oxygen atoms in total. The van der Waals surface area contributed by atoms with Crippen molar-refractivity contribution in [3.63, 3.8) is 0 Å². The molecule has 2 aromatic heterocycles. The van der Waals surface area contributed by atoms with Crippen molar-refractivity contribution in [1.82, 2.24) is 19.9 Å². The minimum absolute atomic E-state index is 0.210. The first-order valence-electron chi connectivity index (χ1n) is 10.5. The highest BCUT2D eigenvalue weighted by Gasteiger charge is 2.27. The topological polar surface area (TPSA) is 76.5 Å². The summed E-state index contributed by atoms with van der Waals surface area (Å²) in [4.78, 5) is 23.8. The van der Waals surface area contributed by atoms with Crippen LogP contribution in [0, 0.1) is 0 Å². The molecule has 2 aliphatic heterocycles. The molecule has 2 fully saturated rings. The van der Waals surface area contributed by atoms with Crippen LogP contribution in [-0.4, -0.2) is 71.5 Å². The van der Waals surface area contributed by atoms with Crippen LogP contribution in [-0.2, 0) is 9.47 Å². The first-order valence-corrected chi connectivity index (χ1v) is 10.5. The molecule has 30 heavy (non-hydrogen) atoms. The SMILES string of the molecule is CC1COCCN1c1nc(N2CCOCC2C)c2cnc(-c3ccccc3)nc2n1. The Labute approximate surface area is 175 Å². The van der Waals surface area contributed by atoms with Crippen molar-refractivity contribution in [3.8, 4) is 11.4 Å². The number of morpholine rings is 2. The Morgan fingerprint density at radius 2 is 1.57 bits per heavy atom. The maximum atomic E-state index is 5.64. The molecule has 0 N–H and O–H groups in total. The zero-order chi connectivity index (χ0) is 20.5. The van der Waals surface area contributed by atoms with E-state index in [1.54, 1.807) is 0 Å². The molecule has 0 amide bonds. The van der Waals surface area contributed by atoms with E-state index in [1.165, 1.54) is 0 Å². The standard InChI is InChI=1S/C22H26N6O2/c1-15-13-29-10-8-27(15)21-18-12-23-19(17-6-4-3-5-7-17)24-20(18)25-22(26-21)28-9-11-30-14-16(28)2/h3-7,12,15-16H,8-11,13-14H2,1-2H3. The molecule has 8 heteroatoms. The second-order valence-electron chi connectivity index (χ2n) is 7.88. The van der Waals surface area contributed by atoms with Gasteiger partial charge in [0, 0.05) is 24.8 Å². The van der Waals surface area contributed by atoms with Gasteiger partial charge in [-0.05, 0) is 13.8 Å². The van der Waals surface area contributed by atoms with Gasteiger partial charge in [0.2, 0.25) is 5.95 Å². The summed E-state index contributed by atoms with van der Waals surface area (Å²) in [6, 6.07) is 10.4. The van der Waals surface area contributed by atoms with Crippen LogP contribution < -0.4 is 9.80 Å². The van der Waals surface area contributed by atoms with E-state index in [9.17, 15) is 0 Å². The molecule has 1 aromatic carbocycles. The number of fused-ring (bicyclic) bond motifs is 1. The molecule has 2 aliphatic rings. The third-order valence-electron chi connectivity index (χ3n) is 5.72. The number of anilines is 2. The predicted molar refractivity (Wildman–Crippen MR) is 116 cm³/mol. The molecule has 0 saturated carbocycles. The zero-order valence-electron chi connectivity index (χ0n) is 17.4. The summed E-state index contributed by atoms with van der Waals surface area (Å²) < 4.78 is 11.3. The number of nitrogens with zero attached hydrogens (tertiary/aromatic N) is 6. The van der Waals surface area contributed by atoms with Crippen LogP contribution in [0.2, 0.25) is 0 Å². The predicted octanol–water partition coefficient (Wildman–Crippen LogP) is 2.54. The smallest absolute Gasteiger partial charge is 0.229 e. The molecule has 156 valence electrons. The fourth-order valence-electron chi connectivity index (χ4n) is 4.03. The molecular weight excluding hydrogens is 380 g/mol. The van der Waals surface area contributed by atoms with Crippen LogP contribution in [0.5, 0.6) is 0 Å². The van der Waals surface area contributed by atoms with E-state index in [0.29, 0.717) is 43.8 Å². The summed E-state index contributed by atoms with van der Waals surface area (Å²) in [6.07, 6.45) is 1.86. The van der Waals surface area contributed by atoms with Gasteiger partial charge in [0.25, 0.3) is 0 Å². The lowest BCUT2D eigenvalue weighted by Gasteiger charge is -2.37. The highest BCUT2D eigenvalue weighted by Crippen LogP contribution is 2.30. The summed E-state index contributed by atoms with van der Waals surface area (Å²) in [5.41, 5.74) is 1.64. The normalized spacial score (nSPS) is 22.5. The number of hydrogen-bond donors (Lipinski definition) is 0. The van der Waals surface area contributed by atoms with Crippen molar-refractivity contribution < 1.29 is 9.47 Å². The quantitative estimate of drug-likeness (QED) is 0.657. The van der Waals surface area contributed by atoms with Crippen molar-refractivity contribution in [2.75, 3.05) is 49.3 Å². The molecule has 2 unspecified atom stereocenters. The summed E-state index contributed by atoms with van der Waals surface area (Å²) in [5.74, 6) is 2.25. The van der Waals surface area contributed by atoms with Gasteiger partial charge in [-0.2, -0.15) is 9.97 Å². The Kier molecular flexibility index (Phi) is 5.18. The Morgan fingerprint density at radius 3 is 2.27 bits per heavy atom. The molecule has 5 rings (SSSR count). The Hall–Kier alpha value is -2.84. The molecule has 0 bridgehead atoms. The number of hydrogen-bond acceptors (Lipinski definition) is 8. The van der Waals surface area contributed by atoms with Gasteiger partial charge < -0.3 is 19.3 Å². The maximum Gasteiger partial charge on any atom is 0.229 e. The third-order valence-corrected chi connectivity index (χ3v) is 5.72. The van der Waals surface area contributed by atoms with Gasteiger partial charge in [0.1, 0.15) is 5.82 Å². The van der Waals surface area contributed by atoms with Gasteiger partial charge in [-0.15, -0.1) is 0 Å². The zero-order valence-corrected chi connectivity index (χ0v) is 17.4. The number of benzene rings is 1. The second-order valence-corrected chi connectivity index (χ2v) is 7.88. The average Bonchev–Trinajstić information content (AvgIpc) is 2.79. The molecule has 2 saturated heterocycles. The Morgan fingerprint density at radius 1 is 0.867 bits per heavy atom. The Balaban J connectivity index is 1.66. The molecular formula is C22H26N6O2. The van der Waals surface area contributed by atoms with Gasteiger partial charge in [-0.25, -0.2) is 9.97 Å². The molecule has 0 radical (unpaired) electrons. The highest BCUT2D eigenvalue weighted by molar-refractivity contribution is 5.88. The fourth-order valence-corrected chi connectivity index (χ4v) is 4.03. The van der Waals surface area contributed by atoms with Crippen LogP contribution in [0.3, 0.4) is 0 Å². The summed E-state index contributed by atoms with van der Waals surface area (Å²) >= 11 is 0. The summed E-state index contributed by atoms with van der Waals surface area (Å²) in [5, 5.41) is 0.869. The number of ether oxygens (including phenoxy) is 2. The maximum absolute atomic E-state index is 5.64. The summed E-state index contributed by atoms with van der Waals surface area (Å²) in [7, 11) is 0. The van der Waals surface area contributed by atoms with Crippen molar-refractivity contribution in [3.05, 3.63) is 36.5 Å². The van der Waals surface area contributed by atoms with Crippen molar-refractivity contribution >= 4 is 22.8 Å². The van der Waals surface area contributed by atoms with E-state index in [0.717, 1.165) is 29.9 Å². The molecule has 4 heterocycles. The lowest BCUT2D eigenvalue weighted by molar-refractivity contribution is 0.0973. The molecule has 0 spiro atoms. The number of aromatic nitrogens is 4. The van der Waals surface area contributed by atoms with Crippen molar-refractivity contribution in [1.29, 1.82) is 0 Å². The van der Waals surface area contributed by atoms with Crippen LogP contribution in [0.15, 0.2) is 36.5 Å². The molecule has 2 atom stereocenters. The monoisotopic (exact) mass is 406 g/mol. The molecule has 3 aromatic rings. The lowest BCUT2D eigenvalue weighted by atomic mass is 10.2. The van der Waals surface area contributed by atoms with Gasteiger partial charge in [-0.1, -0.05) is 30.3 Å².